The van der Waals surface area contributed by atoms with Crippen molar-refractivity contribution in [1.82, 2.24) is 10.2 Å². The summed E-state index contributed by atoms with van der Waals surface area (Å²) in [5.41, 5.74) is 1.13. The summed E-state index contributed by atoms with van der Waals surface area (Å²) >= 11 is 13.6. The molecule has 0 amide bonds. The topological polar surface area (TPSA) is 15.3 Å². The zero-order chi connectivity index (χ0) is 13.8. The molecule has 2 heterocycles. The Hall–Kier alpha value is 0.200. The second kappa shape index (κ2) is 7.28. The van der Waals surface area contributed by atoms with Gasteiger partial charge in [-0.15, -0.1) is 11.3 Å². The van der Waals surface area contributed by atoms with Crippen molar-refractivity contribution in [2.45, 2.75) is 32.7 Å². The molecular weight excluding hydrogens is 299 g/mol. The Kier molecular flexibility index (Phi) is 5.97. The van der Waals surface area contributed by atoms with Crippen molar-refractivity contribution < 1.29 is 0 Å². The average Bonchev–Trinajstić information content (AvgIpc) is 2.75. The summed E-state index contributed by atoms with van der Waals surface area (Å²) in [5.74, 6) is 0.790. The van der Waals surface area contributed by atoms with Crippen LogP contribution in [0.25, 0.3) is 0 Å². The molecule has 1 N–H and O–H groups in total. The van der Waals surface area contributed by atoms with Gasteiger partial charge in [0.25, 0.3) is 0 Å². The third kappa shape index (κ3) is 4.33. The van der Waals surface area contributed by atoms with Gasteiger partial charge in [-0.3, -0.25) is 0 Å². The molecular formula is C14H22Cl2N2S. The minimum absolute atomic E-state index is 0.278. The van der Waals surface area contributed by atoms with Crippen molar-refractivity contribution in [1.29, 1.82) is 0 Å². The fourth-order valence-electron chi connectivity index (χ4n) is 2.61. The standard InChI is InChI=1S/C14H22Cl2N2S/c1-3-18-6-4-11(5-7-18)9-17-10(2)12-8-13(15)19-14(12)16/h8,10-11,17H,3-7,9H2,1-2H3. The van der Waals surface area contributed by atoms with E-state index in [1.807, 2.05) is 6.07 Å². The van der Waals surface area contributed by atoms with E-state index in [0.717, 1.165) is 26.7 Å². The number of nitrogens with one attached hydrogen (secondary N) is 1. The van der Waals surface area contributed by atoms with Gasteiger partial charge < -0.3 is 10.2 Å². The van der Waals surface area contributed by atoms with Crippen LogP contribution < -0.4 is 5.32 Å². The van der Waals surface area contributed by atoms with E-state index >= 15 is 0 Å². The summed E-state index contributed by atoms with van der Waals surface area (Å²) in [7, 11) is 0. The number of nitrogens with zero attached hydrogens (tertiary/aromatic N) is 1. The molecule has 0 aromatic carbocycles. The van der Waals surface area contributed by atoms with Crippen LogP contribution in [0.3, 0.4) is 0 Å². The number of hydrogen-bond acceptors (Lipinski definition) is 3. The molecule has 0 bridgehead atoms. The maximum atomic E-state index is 6.19. The van der Waals surface area contributed by atoms with Gasteiger partial charge in [0.1, 0.15) is 0 Å². The molecule has 2 nitrogen and oxygen atoms in total. The number of hydrogen-bond donors (Lipinski definition) is 1. The third-order valence-corrected chi connectivity index (χ3v) is 5.53. The normalized spacial score (nSPS) is 19.8. The smallest absolute Gasteiger partial charge is 0.0991 e. The van der Waals surface area contributed by atoms with E-state index in [2.05, 4.69) is 24.1 Å². The largest absolute Gasteiger partial charge is 0.310 e. The van der Waals surface area contributed by atoms with Crippen molar-refractivity contribution in [3.05, 3.63) is 20.3 Å². The summed E-state index contributed by atoms with van der Waals surface area (Å²) in [6.07, 6.45) is 2.59. The molecule has 1 saturated heterocycles. The van der Waals surface area contributed by atoms with Gasteiger partial charge in [0.2, 0.25) is 0 Å². The van der Waals surface area contributed by atoms with E-state index in [-0.39, 0.29) is 6.04 Å². The van der Waals surface area contributed by atoms with Crippen molar-refractivity contribution in [2.24, 2.45) is 5.92 Å². The number of rotatable bonds is 5. The molecule has 1 unspecified atom stereocenters. The van der Waals surface area contributed by atoms with E-state index in [9.17, 15) is 0 Å². The maximum Gasteiger partial charge on any atom is 0.0991 e. The van der Waals surface area contributed by atoms with Crippen LogP contribution in [0.15, 0.2) is 6.07 Å². The Balaban J connectivity index is 1.78. The first-order valence-corrected chi connectivity index (χ1v) is 8.57. The summed E-state index contributed by atoms with van der Waals surface area (Å²) in [6, 6.07) is 2.26. The van der Waals surface area contributed by atoms with Gasteiger partial charge in [-0.25, -0.2) is 0 Å². The first kappa shape index (κ1) is 15.6. The summed E-state index contributed by atoms with van der Waals surface area (Å²) in [6.45, 7) is 9.13. The monoisotopic (exact) mass is 320 g/mol. The fourth-order valence-corrected chi connectivity index (χ4v) is 4.25. The van der Waals surface area contributed by atoms with Crippen LogP contribution in [-0.2, 0) is 0 Å². The van der Waals surface area contributed by atoms with Gasteiger partial charge in [0.15, 0.2) is 0 Å². The molecule has 2 rings (SSSR count). The average molecular weight is 321 g/mol. The third-order valence-electron chi connectivity index (χ3n) is 4.02. The van der Waals surface area contributed by atoms with Crippen LogP contribution in [0, 0.1) is 5.92 Å². The molecule has 0 saturated carbocycles. The lowest BCUT2D eigenvalue weighted by Gasteiger charge is -2.31. The van der Waals surface area contributed by atoms with Crippen molar-refractivity contribution in [2.75, 3.05) is 26.2 Å². The van der Waals surface area contributed by atoms with E-state index < -0.39 is 0 Å². The van der Waals surface area contributed by atoms with Crippen molar-refractivity contribution in [3.63, 3.8) is 0 Å². The Labute approximate surface area is 130 Å². The summed E-state index contributed by atoms with van der Waals surface area (Å²) < 4.78 is 1.58. The lowest BCUT2D eigenvalue weighted by molar-refractivity contribution is 0.188. The highest BCUT2D eigenvalue weighted by Crippen LogP contribution is 2.34. The molecule has 1 atom stereocenters. The van der Waals surface area contributed by atoms with Gasteiger partial charge >= 0.3 is 0 Å². The molecule has 1 aliphatic rings. The lowest BCUT2D eigenvalue weighted by Crippen LogP contribution is -2.37. The van der Waals surface area contributed by atoms with Gasteiger partial charge in [-0.05, 0) is 63.5 Å². The highest BCUT2D eigenvalue weighted by atomic mass is 35.5. The number of likely N-dealkylation sites (tertiary alicyclic amines) is 1. The summed E-state index contributed by atoms with van der Waals surface area (Å²) in [4.78, 5) is 2.52. The van der Waals surface area contributed by atoms with Crippen LogP contribution in [0.4, 0.5) is 0 Å². The van der Waals surface area contributed by atoms with E-state index in [1.54, 1.807) is 0 Å². The quantitative estimate of drug-likeness (QED) is 0.862. The predicted octanol–water partition coefficient (Wildman–Crippen LogP) is 4.44. The highest BCUT2D eigenvalue weighted by molar-refractivity contribution is 7.20. The molecule has 0 spiro atoms. The van der Waals surface area contributed by atoms with E-state index in [0.29, 0.717) is 0 Å². The van der Waals surface area contributed by atoms with E-state index in [1.165, 1.54) is 43.8 Å². The van der Waals surface area contributed by atoms with Crippen LogP contribution in [0.1, 0.15) is 38.3 Å². The second-order valence-electron chi connectivity index (χ2n) is 5.29. The molecule has 1 aromatic rings. The maximum absolute atomic E-state index is 6.19. The number of thiophene rings is 1. The number of halogens is 2. The molecule has 5 heteroatoms. The second-order valence-corrected chi connectivity index (χ2v) is 7.57. The summed E-state index contributed by atoms with van der Waals surface area (Å²) in [5, 5.41) is 3.60. The van der Waals surface area contributed by atoms with Crippen LogP contribution in [-0.4, -0.2) is 31.1 Å². The Morgan fingerprint density at radius 2 is 2.11 bits per heavy atom. The molecule has 1 aromatic heterocycles. The van der Waals surface area contributed by atoms with Gasteiger partial charge in [-0.2, -0.15) is 0 Å². The minimum Gasteiger partial charge on any atom is -0.310 e. The zero-order valence-electron chi connectivity index (χ0n) is 11.6. The van der Waals surface area contributed by atoms with Gasteiger partial charge in [0, 0.05) is 6.04 Å². The van der Waals surface area contributed by atoms with Crippen molar-refractivity contribution >= 4 is 34.5 Å². The fraction of sp³-hybridized carbons (Fsp3) is 0.714. The Bertz CT molecular complexity index is 400. The van der Waals surface area contributed by atoms with Gasteiger partial charge in [-0.1, -0.05) is 30.1 Å². The predicted molar refractivity (Wildman–Crippen MR) is 85.6 cm³/mol. The minimum atomic E-state index is 0.278. The Morgan fingerprint density at radius 1 is 1.42 bits per heavy atom. The number of piperidine rings is 1. The van der Waals surface area contributed by atoms with E-state index in [4.69, 9.17) is 23.2 Å². The highest BCUT2D eigenvalue weighted by Gasteiger charge is 2.19. The molecule has 108 valence electrons. The van der Waals surface area contributed by atoms with Crippen LogP contribution >= 0.6 is 34.5 Å². The molecule has 1 fully saturated rings. The van der Waals surface area contributed by atoms with Crippen molar-refractivity contribution in [3.8, 4) is 0 Å². The Morgan fingerprint density at radius 3 is 2.63 bits per heavy atom. The SMILES string of the molecule is CCN1CCC(CNC(C)c2cc(Cl)sc2Cl)CC1. The lowest BCUT2D eigenvalue weighted by atomic mass is 9.96. The molecule has 1 aliphatic heterocycles. The molecule has 0 radical (unpaired) electrons. The first-order chi connectivity index (χ1) is 9.10. The van der Waals surface area contributed by atoms with Crippen LogP contribution in [0.5, 0.6) is 0 Å². The molecule has 0 aliphatic carbocycles. The van der Waals surface area contributed by atoms with Gasteiger partial charge in [0.05, 0.1) is 8.67 Å². The first-order valence-electron chi connectivity index (χ1n) is 7.00. The zero-order valence-corrected chi connectivity index (χ0v) is 13.9. The van der Waals surface area contributed by atoms with Crippen LogP contribution in [0.2, 0.25) is 8.67 Å². The molecule has 19 heavy (non-hydrogen) atoms.